The minimum absolute atomic E-state index is 0.685. The van der Waals surface area contributed by atoms with Crippen molar-refractivity contribution in [3.8, 4) is 5.75 Å². The molecular weight excluding hydrogens is 226 g/mol. The quantitative estimate of drug-likeness (QED) is 0.743. The van der Waals surface area contributed by atoms with Crippen molar-refractivity contribution >= 4 is 17.3 Å². The molecule has 0 bridgehead atoms. The van der Waals surface area contributed by atoms with Gasteiger partial charge in [0, 0.05) is 5.56 Å². The second kappa shape index (κ2) is 4.74. The van der Waals surface area contributed by atoms with Crippen molar-refractivity contribution in [2.75, 3.05) is 14.2 Å². The van der Waals surface area contributed by atoms with E-state index in [-0.39, 0.29) is 0 Å². The average Bonchev–Trinajstić information content (AvgIpc) is 2.29. The fraction of sp³-hybridized carbons (Fsp3) is 0.417. The van der Waals surface area contributed by atoms with E-state index in [0.29, 0.717) is 5.02 Å². The number of hydrogen-bond donors (Lipinski definition) is 0. The van der Waals surface area contributed by atoms with Crippen LogP contribution in [0.4, 0.5) is 0 Å². The van der Waals surface area contributed by atoms with Crippen molar-refractivity contribution in [1.29, 1.82) is 0 Å². The van der Waals surface area contributed by atoms with Crippen LogP contribution in [-0.4, -0.2) is 19.9 Å². The van der Waals surface area contributed by atoms with Gasteiger partial charge in [0.15, 0.2) is 0 Å². The molecule has 0 saturated carbocycles. The van der Waals surface area contributed by atoms with E-state index in [9.17, 15) is 0 Å². The van der Waals surface area contributed by atoms with Crippen LogP contribution in [0, 0.1) is 0 Å². The Balaban J connectivity index is 2.52. The first-order chi connectivity index (χ1) is 7.76. The van der Waals surface area contributed by atoms with Gasteiger partial charge < -0.3 is 9.57 Å². The van der Waals surface area contributed by atoms with Gasteiger partial charge in [0.1, 0.15) is 12.9 Å². The van der Waals surface area contributed by atoms with E-state index in [1.54, 1.807) is 14.2 Å². The Morgan fingerprint density at radius 3 is 2.75 bits per heavy atom. The summed E-state index contributed by atoms with van der Waals surface area (Å²) in [4.78, 5) is 4.85. The Hall–Kier alpha value is -1.22. The smallest absolute Gasteiger partial charge is 0.120 e. The van der Waals surface area contributed by atoms with Crippen molar-refractivity contribution in [2.45, 2.75) is 19.3 Å². The van der Waals surface area contributed by atoms with E-state index in [1.165, 1.54) is 5.56 Å². The number of nitrogens with zero attached hydrogens (tertiary/aromatic N) is 1. The van der Waals surface area contributed by atoms with Gasteiger partial charge in [-0.3, -0.25) is 0 Å². The lowest BCUT2D eigenvalue weighted by molar-refractivity contribution is 0.212. The zero-order valence-electron chi connectivity index (χ0n) is 9.42. The monoisotopic (exact) mass is 239 g/mol. The zero-order chi connectivity index (χ0) is 11.5. The Bertz CT molecular complexity index is 429. The minimum atomic E-state index is 0.685. The van der Waals surface area contributed by atoms with E-state index in [2.05, 4.69) is 5.16 Å². The predicted octanol–water partition coefficient (Wildman–Crippen LogP) is 3.04. The molecule has 4 heteroatoms. The number of fused-ring (bicyclic) bond motifs is 1. The van der Waals surface area contributed by atoms with Crippen LogP contribution in [0.2, 0.25) is 5.02 Å². The maximum absolute atomic E-state index is 6.24. The van der Waals surface area contributed by atoms with Crippen LogP contribution in [0.3, 0.4) is 0 Å². The standard InChI is InChI=1S/C12H14ClNO2/c1-15-9-6-8-4-3-5-11(14-16-2)12(8)10(13)7-9/h6-7H,3-5H2,1-2H3/b14-11-. The number of ether oxygens (including phenoxy) is 1. The summed E-state index contributed by atoms with van der Waals surface area (Å²) in [7, 11) is 3.20. The maximum atomic E-state index is 6.24. The number of oxime groups is 1. The molecule has 0 spiro atoms. The van der Waals surface area contributed by atoms with Crippen LogP contribution in [0.25, 0.3) is 0 Å². The van der Waals surface area contributed by atoms with E-state index in [0.717, 1.165) is 36.3 Å². The Labute approximate surface area is 100.0 Å². The van der Waals surface area contributed by atoms with E-state index in [1.807, 2.05) is 12.1 Å². The van der Waals surface area contributed by atoms with Crippen LogP contribution in [0.1, 0.15) is 24.0 Å². The fourth-order valence-electron chi connectivity index (χ4n) is 2.05. The summed E-state index contributed by atoms with van der Waals surface area (Å²) in [6, 6.07) is 3.84. The zero-order valence-corrected chi connectivity index (χ0v) is 10.2. The summed E-state index contributed by atoms with van der Waals surface area (Å²) >= 11 is 6.24. The maximum Gasteiger partial charge on any atom is 0.120 e. The topological polar surface area (TPSA) is 30.8 Å². The van der Waals surface area contributed by atoms with E-state index in [4.69, 9.17) is 21.2 Å². The van der Waals surface area contributed by atoms with Gasteiger partial charge in [-0.2, -0.15) is 0 Å². The minimum Gasteiger partial charge on any atom is -0.497 e. The van der Waals surface area contributed by atoms with Crippen LogP contribution >= 0.6 is 11.6 Å². The lowest BCUT2D eigenvalue weighted by Gasteiger charge is -2.19. The normalized spacial score (nSPS) is 17.1. The molecule has 3 nitrogen and oxygen atoms in total. The Morgan fingerprint density at radius 1 is 1.25 bits per heavy atom. The number of halogens is 1. The Kier molecular flexibility index (Phi) is 3.34. The van der Waals surface area contributed by atoms with Gasteiger partial charge in [0.25, 0.3) is 0 Å². The predicted molar refractivity (Wildman–Crippen MR) is 64.5 cm³/mol. The van der Waals surface area contributed by atoms with E-state index < -0.39 is 0 Å². The molecule has 0 saturated heterocycles. The molecule has 1 aliphatic rings. The van der Waals surface area contributed by atoms with Crippen LogP contribution in [-0.2, 0) is 11.3 Å². The van der Waals surface area contributed by atoms with Crippen molar-refractivity contribution < 1.29 is 9.57 Å². The molecule has 2 rings (SSSR count). The fourth-order valence-corrected chi connectivity index (χ4v) is 2.38. The summed E-state index contributed by atoms with van der Waals surface area (Å²) in [6.07, 6.45) is 2.99. The molecule has 86 valence electrons. The summed E-state index contributed by atoms with van der Waals surface area (Å²) < 4.78 is 5.20. The second-order valence-corrected chi connectivity index (χ2v) is 4.12. The number of benzene rings is 1. The highest BCUT2D eigenvalue weighted by Gasteiger charge is 2.20. The van der Waals surface area contributed by atoms with Crippen LogP contribution < -0.4 is 4.74 Å². The molecule has 0 radical (unpaired) electrons. The number of hydrogen-bond acceptors (Lipinski definition) is 3. The van der Waals surface area contributed by atoms with Gasteiger partial charge in [-0.1, -0.05) is 16.8 Å². The van der Waals surface area contributed by atoms with Crippen LogP contribution in [0.5, 0.6) is 5.75 Å². The molecule has 0 unspecified atom stereocenters. The van der Waals surface area contributed by atoms with Crippen molar-refractivity contribution in [1.82, 2.24) is 0 Å². The highest BCUT2D eigenvalue weighted by atomic mass is 35.5. The molecule has 0 aromatic heterocycles. The van der Waals surface area contributed by atoms with Gasteiger partial charge in [0.2, 0.25) is 0 Å². The van der Waals surface area contributed by atoms with E-state index >= 15 is 0 Å². The lowest BCUT2D eigenvalue weighted by Crippen LogP contribution is -2.13. The number of aryl methyl sites for hydroxylation is 1. The van der Waals surface area contributed by atoms with Crippen molar-refractivity contribution in [3.05, 3.63) is 28.3 Å². The third kappa shape index (κ3) is 2.00. The number of methoxy groups -OCH3 is 1. The Morgan fingerprint density at radius 2 is 2.06 bits per heavy atom. The molecular formula is C12H14ClNO2. The lowest BCUT2D eigenvalue weighted by atomic mass is 9.90. The first-order valence-electron chi connectivity index (χ1n) is 5.23. The molecule has 1 aliphatic carbocycles. The largest absolute Gasteiger partial charge is 0.497 e. The summed E-state index contributed by atoms with van der Waals surface area (Å²) in [6.45, 7) is 0. The van der Waals surface area contributed by atoms with Gasteiger partial charge in [-0.05, 0) is 37.0 Å². The second-order valence-electron chi connectivity index (χ2n) is 3.72. The summed E-state index contributed by atoms with van der Waals surface area (Å²) in [5.41, 5.74) is 3.12. The first-order valence-corrected chi connectivity index (χ1v) is 5.61. The summed E-state index contributed by atoms with van der Waals surface area (Å²) in [5.74, 6) is 0.794. The highest BCUT2D eigenvalue weighted by molar-refractivity contribution is 6.34. The summed E-state index contributed by atoms with van der Waals surface area (Å²) in [5, 5.41) is 4.72. The third-order valence-corrected chi connectivity index (χ3v) is 3.03. The first kappa shape index (κ1) is 11.3. The van der Waals surface area contributed by atoms with Crippen molar-refractivity contribution in [2.24, 2.45) is 5.16 Å². The van der Waals surface area contributed by atoms with Gasteiger partial charge in [-0.25, -0.2) is 0 Å². The molecule has 0 atom stereocenters. The van der Waals surface area contributed by atoms with Gasteiger partial charge >= 0.3 is 0 Å². The average molecular weight is 240 g/mol. The van der Waals surface area contributed by atoms with Gasteiger partial charge in [0.05, 0.1) is 17.8 Å². The van der Waals surface area contributed by atoms with Crippen molar-refractivity contribution in [3.63, 3.8) is 0 Å². The molecule has 0 aliphatic heterocycles. The molecule has 16 heavy (non-hydrogen) atoms. The third-order valence-electron chi connectivity index (χ3n) is 2.73. The molecule has 0 fully saturated rings. The molecule has 1 aromatic carbocycles. The molecule has 0 amide bonds. The van der Waals surface area contributed by atoms with Gasteiger partial charge in [-0.15, -0.1) is 0 Å². The molecule has 0 heterocycles. The number of rotatable bonds is 2. The molecule has 1 aromatic rings. The highest BCUT2D eigenvalue weighted by Crippen LogP contribution is 2.32. The SMILES string of the molecule is CO/N=C1/CCCc2cc(OC)cc(Cl)c21. The molecule has 0 N–H and O–H groups in total. The van der Waals surface area contributed by atoms with Crippen LogP contribution in [0.15, 0.2) is 17.3 Å².